The van der Waals surface area contributed by atoms with E-state index in [9.17, 15) is 4.79 Å². The minimum Gasteiger partial charge on any atom is -0.383 e. The average molecular weight is 231 g/mol. The van der Waals surface area contributed by atoms with Crippen LogP contribution in [0.5, 0.6) is 0 Å². The predicted octanol–water partition coefficient (Wildman–Crippen LogP) is -0.193. The molecule has 3 N–H and O–H groups in total. The molecule has 1 unspecified atom stereocenters. The molecule has 0 saturated carbocycles. The summed E-state index contributed by atoms with van der Waals surface area (Å²) in [6.07, 6.45) is 0.508. The molecule has 0 spiro atoms. The first kappa shape index (κ1) is 15.3. The number of carbonyl (C=O) groups excluding carboxylic acids is 1. The molecule has 1 amide bonds. The van der Waals surface area contributed by atoms with Gasteiger partial charge < -0.3 is 20.7 Å². The zero-order chi connectivity index (χ0) is 12.6. The van der Waals surface area contributed by atoms with E-state index < -0.39 is 0 Å². The zero-order valence-electron chi connectivity index (χ0n) is 10.8. The van der Waals surface area contributed by atoms with Crippen molar-refractivity contribution in [2.24, 2.45) is 5.73 Å². The molecule has 16 heavy (non-hydrogen) atoms. The van der Waals surface area contributed by atoms with Crippen LogP contribution in [0.15, 0.2) is 0 Å². The molecule has 0 aromatic rings. The fourth-order valence-corrected chi connectivity index (χ4v) is 1.44. The Morgan fingerprint density at radius 1 is 1.50 bits per heavy atom. The number of methoxy groups -OCH3 is 1. The van der Waals surface area contributed by atoms with E-state index in [4.69, 9.17) is 10.5 Å². The van der Waals surface area contributed by atoms with Crippen molar-refractivity contribution in [3.05, 3.63) is 0 Å². The number of rotatable bonds is 8. The molecule has 0 bridgehead atoms. The largest absolute Gasteiger partial charge is 0.383 e. The number of ether oxygens (including phenoxy) is 1. The molecule has 0 saturated heterocycles. The summed E-state index contributed by atoms with van der Waals surface area (Å²) in [6, 6.07) is 0.205. The van der Waals surface area contributed by atoms with Gasteiger partial charge in [0.2, 0.25) is 5.91 Å². The second-order valence-electron chi connectivity index (χ2n) is 4.45. The average Bonchev–Trinajstić information content (AvgIpc) is 2.14. The number of carbonyl (C=O) groups is 1. The maximum atomic E-state index is 11.4. The molecule has 0 heterocycles. The molecule has 1 atom stereocenters. The van der Waals surface area contributed by atoms with Crippen LogP contribution in [0.1, 0.15) is 20.3 Å². The topological polar surface area (TPSA) is 67.6 Å². The van der Waals surface area contributed by atoms with E-state index in [0.717, 1.165) is 13.1 Å². The summed E-state index contributed by atoms with van der Waals surface area (Å²) in [5.74, 6) is 0.0853. The van der Waals surface area contributed by atoms with Gasteiger partial charge in [-0.05, 0) is 20.9 Å². The van der Waals surface area contributed by atoms with Crippen LogP contribution in [0.25, 0.3) is 0 Å². The number of likely N-dealkylation sites (N-methyl/N-ethyl adjacent to an activating group) is 1. The number of nitrogens with one attached hydrogen (secondary N) is 1. The van der Waals surface area contributed by atoms with Gasteiger partial charge in [-0.2, -0.15) is 0 Å². The molecule has 0 aromatic carbocycles. The zero-order valence-corrected chi connectivity index (χ0v) is 10.8. The van der Waals surface area contributed by atoms with Crippen LogP contribution >= 0.6 is 0 Å². The highest BCUT2D eigenvalue weighted by Gasteiger charge is 2.09. The fraction of sp³-hybridized carbons (Fsp3) is 0.909. The van der Waals surface area contributed by atoms with Crippen LogP contribution < -0.4 is 11.1 Å². The lowest BCUT2D eigenvalue weighted by molar-refractivity contribution is -0.121. The number of amides is 1. The summed E-state index contributed by atoms with van der Waals surface area (Å²) < 4.78 is 4.95. The smallest absolute Gasteiger partial charge is 0.221 e. The Morgan fingerprint density at radius 2 is 2.12 bits per heavy atom. The maximum absolute atomic E-state index is 11.4. The molecule has 5 nitrogen and oxygen atoms in total. The highest BCUT2D eigenvalue weighted by atomic mass is 16.5. The van der Waals surface area contributed by atoms with Crippen molar-refractivity contribution < 1.29 is 9.53 Å². The van der Waals surface area contributed by atoms with Gasteiger partial charge >= 0.3 is 0 Å². The molecular formula is C11H25N3O2. The number of nitrogens with two attached hydrogens (primary N) is 1. The van der Waals surface area contributed by atoms with Crippen LogP contribution in [-0.2, 0) is 9.53 Å². The normalized spacial score (nSPS) is 13.2. The first-order valence-electron chi connectivity index (χ1n) is 5.68. The Morgan fingerprint density at radius 3 is 2.62 bits per heavy atom. The molecule has 0 radical (unpaired) electrons. The van der Waals surface area contributed by atoms with E-state index in [2.05, 4.69) is 5.32 Å². The molecule has 0 fully saturated rings. The summed E-state index contributed by atoms with van der Waals surface area (Å²) >= 11 is 0. The third-order valence-corrected chi connectivity index (χ3v) is 2.10. The summed E-state index contributed by atoms with van der Waals surface area (Å²) in [5, 5.41) is 2.86. The van der Waals surface area contributed by atoms with Crippen LogP contribution in [0.2, 0.25) is 0 Å². The third kappa shape index (κ3) is 8.64. The minimum atomic E-state index is 0.00293. The van der Waals surface area contributed by atoms with Gasteiger partial charge in [0.1, 0.15) is 0 Å². The molecule has 0 aliphatic carbocycles. The van der Waals surface area contributed by atoms with Gasteiger partial charge in [-0.3, -0.25) is 4.79 Å². The molecule has 0 aromatic heterocycles. The SMILES string of the molecule is COCC(N)CN(C)CCC(=O)NC(C)C. The Hall–Kier alpha value is -0.650. The lowest BCUT2D eigenvalue weighted by Gasteiger charge is -2.20. The van der Waals surface area contributed by atoms with Crippen LogP contribution in [0.4, 0.5) is 0 Å². The predicted molar refractivity (Wildman–Crippen MR) is 65.2 cm³/mol. The van der Waals surface area contributed by atoms with Crippen molar-refractivity contribution >= 4 is 5.91 Å². The van der Waals surface area contributed by atoms with E-state index in [-0.39, 0.29) is 18.0 Å². The number of nitrogens with zero attached hydrogens (tertiary/aromatic N) is 1. The van der Waals surface area contributed by atoms with Crippen molar-refractivity contribution in [3.8, 4) is 0 Å². The van der Waals surface area contributed by atoms with Crippen molar-refractivity contribution in [2.75, 3.05) is 33.9 Å². The summed E-state index contributed by atoms with van der Waals surface area (Å²) in [4.78, 5) is 13.4. The second-order valence-corrected chi connectivity index (χ2v) is 4.45. The maximum Gasteiger partial charge on any atom is 0.221 e. The van der Waals surface area contributed by atoms with Crippen LogP contribution in [0, 0.1) is 0 Å². The minimum absolute atomic E-state index is 0.00293. The van der Waals surface area contributed by atoms with Gasteiger partial charge in [-0.25, -0.2) is 0 Å². The van der Waals surface area contributed by atoms with Crippen molar-refractivity contribution in [1.82, 2.24) is 10.2 Å². The third-order valence-electron chi connectivity index (χ3n) is 2.10. The second kappa shape index (κ2) is 8.50. The van der Waals surface area contributed by atoms with Crippen molar-refractivity contribution in [1.29, 1.82) is 0 Å². The Balaban J connectivity index is 3.64. The van der Waals surface area contributed by atoms with Crippen LogP contribution in [0.3, 0.4) is 0 Å². The van der Waals surface area contributed by atoms with Gasteiger partial charge in [0.15, 0.2) is 0 Å². The van der Waals surface area contributed by atoms with Crippen molar-refractivity contribution in [2.45, 2.75) is 32.4 Å². The molecule has 0 aliphatic rings. The van der Waals surface area contributed by atoms with Gasteiger partial charge in [0.25, 0.3) is 0 Å². The summed E-state index contributed by atoms with van der Waals surface area (Å²) in [7, 11) is 3.59. The van der Waals surface area contributed by atoms with Gasteiger partial charge in [0, 0.05) is 38.7 Å². The number of hydrogen-bond donors (Lipinski definition) is 2. The Bertz CT molecular complexity index is 198. The standard InChI is InChI=1S/C11H25N3O2/c1-9(2)13-11(15)5-6-14(3)7-10(12)8-16-4/h9-10H,5-8,12H2,1-4H3,(H,13,15). The fourth-order valence-electron chi connectivity index (χ4n) is 1.44. The lowest BCUT2D eigenvalue weighted by atomic mass is 10.3. The first-order chi connectivity index (χ1) is 7.45. The van der Waals surface area contributed by atoms with E-state index in [1.165, 1.54) is 0 Å². The van der Waals surface area contributed by atoms with Gasteiger partial charge in [0.05, 0.1) is 6.61 Å². The quantitative estimate of drug-likeness (QED) is 0.607. The van der Waals surface area contributed by atoms with E-state index in [0.29, 0.717) is 13.0 Å². The molecule has 0 aliphatic heterocycles. The monoisotopic (exact) mass is 231 g/mol. The highest BCUT2D eigenvalue weighted by Crippen LogP contribution is 1.92. The summed E-state index contributed by atoms with van der Waals surface area (Å²) in [6.45, 7) is 5.91. The van der Waals surface area contributed by atoms with Gasteiger partial charge in [-0.1, -0.05) is 0 Å². The van der Waals surface area contributed by atoms with Crippen LogP contribution in [-0.4, -0.2) is 56.7 Å². The van der Waals surface area contributed by atoms with Crippen molar-refractivity contribution in [3.63, 3.8) is 0 Å². The van der Waals surface area contributed by atoms with Gasteiger partial charge in [-0.15, -0.1) is 0 Å². The molecule has 5 heteroatoms. The summed E-state index contributed by atoms with van der Waals surface area (Å²) in [5.41, 5.74) is 5.81. The Labute approximate surface area is 98.3 Å². The lowest BCUT2D eigenvalue weighted by Crippen LogP contribution is -2.40. The Kier molecular flexibility index (Phi) is 8.15. The molecule has 0 rings (SSSR count). The number of hydrogen-bond acceptors (Lipinski definition) is 4. The molecule has 96 valence electrons. The van der Waals surface area contributed by atoms with E-state index in [1.807, 2.05) is 25.8 Å². The highest BCUT2D eigenvalue weighted by molar-refractivity contribution is 5.76. The van der Waals surface area contributed by atoms with E-state index in [1.54, 1.807) is 7.11 Å². The first-order valence-corrected chi connectivity index (χ1v) is 5.68. The van der Waals surface area contributed by atoms with E-state index >= 15 is 0 Å². The molecular weight excluding hydrogens is 206 g/mol.